The number of amides is 2. The normalized spacial score (nSPS) is 10.2. The molecule has 0 aliphatic heterocycles. The Kier molecular flexibility index (Phi) is 7.28. The summed E-state index contributed by atoms with van der Waals surface area (Å²) < 4.78 is 18.5. The quantitative estimate of drug-likeness (QED) is 0.559. The van der Waals surface area contributed by atoms with Crippen molar-refractivity contribution in [3.8, 4) is 5.75 Å². The number of halogens is 1. The van der Waals surface area contributed by atoms with E-state index in [2.05, 4.69) is 10.6 Å². The van der Waals surface area contributed by atoms with Gasteiger partial charge >= 0.3 is 0 Å². The molecule has 0 unspecified atom stereocenters. The third-order valence-corrected chi connectivity index (χ3v) is 4.33. The van der Waals surface area contributed by atoms with E-state index in [0.717, 1.165) is 11.8 Å². The minimum atomic E-state index is -0.341. The molecule has 7 heteroatoms. The average Bonchev–Trinajstić information content (AvgIpc) is 2.64. The van der Waals surface area contributed by atoms with E-state index in [0.29, 0.717) is 29.3 Å². The monoisotopic (exact) mass is 362 g/mol. The maximum Gasteiger partial charge on any atom is 0.251 e. The largest absolute Gasteiger partial charge is 0.497 e. The number of ether oxygens (including phenoxy) is 1. The third kappa shape index (κ3) is 6.11. The van der Waals surface area contributed by atoms with Crippen molar-refractivity contribution in [1.29, 1.82) is 0 Å². The standard InChI is InChI=1S/C18H19FN2O3S/c1-24-14-8-6-13(7-9-14)18(23)21-11-10-20-17(22)12-25-16-5-3-2-4-15(16)19/h2-9H,10-12H2,1H3,(H,20,22)(H,21,23). The molecule has 2 N–H and O–H groups in total. The van der Waals surface area contributed by atoms with Crippen LogP contribution in [0.1, 0.15) is 10.4 Å². The maximum absolute atomic E-state index is 13.4. The highest BCUT2D eigenvalue weighted by Crippen LogP contribution is 2.20. The van der Waals surface area contributed by atoms with E-state index in [9.17, 15) is 14.0 Å². The molecule has 0 aromatic heterocycles. The lowest BCUT2D eigenvalue weighted by Gasteiger charge is -2.08. The molecule has 0 saturated carbocycles. The summed E-state index contributed by atoms with van der Waals surface area (Å²) >= 11 is 1.13. The van der Waals surface area contributed by atoms with Gasteiger partial charge in [0.2, 0.25) is 5.91 Å². The Labute approximate surface area is 150 Å². The van der Waals surface area contributed by atoms with Gasteiger partial charge in [0.15, 0.2) is 0 Å². The second-order valence-electron chi connectivity index (χ2n) is 5.05. The van der Waals surface area contributed by atoms with E-state index in [1.807, 2.05) is 0 Å². The number of carbonyl (C=O) groups excluding carboxylic acids is 2. The molecule has 2 aromatic carbocycles. The van der Waals surface area contributed by atoms with Gasteiger partial charge in [-0.15, -0.1) is 11.8 Å². The van der Waals surface area contributed by atoms with E-state index < -0.39 is 0 Å². The first-order valence-corrected chi connectivity index (χ1v) is 8.65. The van der Waals surface area contributed by atoms with Crippen molar-refractivity contribution in [2.24, 2.45) is 0 Å². The number of rotatable bonds is 8. The van der Waals surface area contributed by atoms with Crippen LogP contribution in [0, 0.1) is 5.82 Å². The molecule has 0 heterocycles. The molecule has 0 aliphatic rings. The van der Waals surface area contributed by atoms with Crippen LogP contribution in [0.2, 0.25) is 0 Å². The fourth-order valence-corrected chi connectivity index (χ4v) is 2.75. The number of nitrogens with one attached hydrogen (secondary N) is 2. The summed E-state index contributed by atoms with van der Waals surface area (Å²) in [5.74, 6) is 0.0145. The zero-order valence-corrected chi connectivity index (χ0v) is 14.6. The van der Waals surface area contributed by atoms with Gasteiger partial charge in [0.1, 0.15) is 11.6 Å². The lowest BCUT2D eigenvalue weighted by Crippen LogP contribution is -2.35. The Bertz CT molecular complexity index is 723. The topological polar surface area (TPSA) is 67.4 Å². The summed E-state index contributed by atoms with van der Waals surface area (Å²) in [6.45, 7) is 0.611. The Morgan fingerprint density at radius 1 is 1.04 bits per heavy atom. The average molecular weight is 362 g/mol. The maximum atomic E-state index is 13.4. The fraction of sp³-hybridized carbons (Fsp3) is 0.222. The molecule has 2 amide bonds. The zero-order chi connectivity index (χ0) is 18.1. The van der Waals surface area contributed by atoms with Crippen molar-refractivity contribution in [2.75, 3.05) is 26.0 Å². The predicted octanol–water partition coefficient (Wildman–Crippen LogP) is 2.47. The lowest BCUT2D eigenvalue weighted by molar-refractivity contribution is -0.118. The van der Waals surface area contributed by atoms with Crippen molar-refractivity contribution in [2.45, 2.75) is 4.90 Å². The Morgan fingerprint density at radius 2 is 1.72 bits per heavy atom. The van der Waals surface area contributed by atoms with E-state index in [-0.39, 0.29) is 23.4 Å². The van der Waals surface area contributed by atoms with E-state index in [1.54, 1.807) is 49.6 Å². The number of carbonyl (C=O) groups is 2. The van der Waals surface area contributed by atoms with Gasteiger partial charge in [0.05, 0.1) is 12.9 Å². The molecular formula is C18H19FN2O3S. The lowest BCUT2D eigenvalue weighted by atomic mass is 10.2. The molecule has 2 aromatic rings. The van der Waals surface area contributed by atoms with Crippen LogP contribution in [-0.2, 0) is 4.79 Å². The first kappa shape index (κ1) is 18.8. The van der Waals surface area contributed by atoms with Crippen LogP contribution in [0.3, 0.4) is 0 Å². The van der Waals surface area contributed by atoms with Crippen LogP contribution >= 0.6 is 11.8 Å². The Morgan fingerprint density at radius 3 is 2.40 bits per heavy atom. The predicted molar refractivity (Wildman–Crippen MR) is 95.5 cm³/mol. The third-order valence-electron chi connectivity index (χ3n) is 3.28. The minimum absolute atomic E-state index is 0.118. The highest BCUT2D eigenvalue weighted by atomic mass is 32.2. The molecule has 0 aliphatic carbocycles. The molecular weight excluding hydrogens is 343 g/mol. The highest BCUT2D eigenvalue weighted by molar-refractivity contribution is 8.00. The molecule has 5 nitrogen and oxygen atoms in total. The fourth-order valence-electron chi connectivity index (χ4n) is 1.98. The first-order chi connectivity index (χ1) is 12.1. The molecule has 0 radical (unpaired) electrons. The number of thioether (sulfide) groups is 1. The van der Waals surface area contributed by atoms with Gasteiger partial charge in [-0.25, -0.2) is 4.39 Å². The summed E-state index contributed by atoms with van der Waals surface area (Å²) in [5.41, 5.74) is 0.516. The van der Waals surface area contributed by atoms with Crippen LogP contribution in [0.4, 0.5) is 4.39 Å². The summed E-state index contributed by atoms with van der Waals surface area (Å²) in [6, 6.07) is 13.0. The molecule has 0 saturated heterocycles. The van der Waals surface area contributed by atoms with Crippen molar-refractivity contribution in [1.82, 2.24) is 10.6 Å². The van der Waals surface area contributed by atoms with Gasteiger partial charge in [0.25, 0.3) is 5.91 Å². The molecule has 0 spiro atoms. The molecule has 0 bridgehead atoms. The summed E-state index contributed by atoms with van der Waals surface area (Å²) in [5, 5.41) is 5.39. The second-order valence-corrected chi connectivity index (χ2v) is 6.07. The van der Waals surface area contributed by atoms with Gasteiger partial charge in [0, 0.05) is 23.5 Å². The molecule has 25 heavy (non-hydrogen) atoms. The summed E-state index contributed by atoms with van der Waals surface area (Å²) in [6.07, 6.45) is 0. The van der Waals surface area contributed by atoms with E-state index in [4.69, 9.17) is 4.74 Å². The molecule has 132 valence electrons. The van der Waals surface area contributed by atoms with Crippen LogP contribution < -0.4 is 15.4 Å². The SMILES string of the molecule is COc1ccc(C(=O)NCCNC(=O)CSc2ccccc2F)cc1. The van der Waals surface area contributed by atoms with Gasteiger partial charge in [-0.1, -0.05) is 12.1 Å². The summed E-state index contributed by atoms with van der Waals surface area (Å²) in [4.78, 5) is 24.1. The minimum Gasteiger partial charge on any atom is -0.497 e. The van der Waals surface area contributed by atoms with Gasteiger partial charge in [-0.2, -0.15) is 0 Å². The van der Waals surface area contributed by atoms with Crippen molar-refractivity contribution >= 4 is 23.6 Å². The van der Waals surface area contributed by atoms with Crippen LogP contribution in [-0.4, -0.2) is 37.8 Å². The van der Waals surface area contributed by atoms with Crippen LogP contribution in [0.25, 0.3) is 0 Å². The number of hydrogen-bond acceptors (Lipinski definition) is 4. The molecule has 0 atom stereocenters. The van der Waals surface area contributed by atoms with E-state index in [1.165, 1.54) is 6.07 Å². The van der Waals surface area contributed by atoms with Gasteiger partial charge in [-0.3, -0.25) is 9.59 Å². The van der Waals surface area contributed by atoms with Crippen LogP contribution in [0.5, 0.6) is 5.75 Å². The number of methoxy groups -OCH3 is 1. The first-order valence-electron chi connectivity index (χ1n) is 7.66. The Hall–Kier alpha value is -2.54. The van der Waals surface area contributed by atoms with Gasteiger partial charge < -0.3 is 15.4 Å². The highest BCUT2D eigenvalue weighted by Gasteiger charge is 2.07. The molecule has 0 fully saturated rings. The second kappa shape index (κ2) is 9.68. The van der Waals surface area contributed by atoms with E-state index >= 15 is 0 Å². The number of hydrogen-bond donors (Lipinski definition) is 2. The van der Waals surface area contributed by atoms with Crippen LogP contribution in [0.15, 0.2) is 53.4 Å². The Balaban J connectivity index is 1.65. The zero-order valence-electron chi connectivity index (χ0n) is 13.8. The van der Waals surface area contributed by atoms with Crippen molar-refractivity contribution < 1.29 is 18.7 Å². The van der Waals surface area contributed by atoms with Gasteiger partial charge in [-0.05, 0) is 36.4 Å². The molecule has 2 rings (SSSR count). The van der Waals surface area contributed by atoms with Crippen molar-refractivity contribution in [3.63, 3.8) is 0 Å². The smallest absolute Gasteiger partial charge is 0.251 e. The number of benzene rings is 2. The summed E-state index contributed by atoms with van der Waals surface area (Å²) in [7, 11) is 1.56. The van der Waals surface area contributed by atoms with Crippen molar-refractivity contribution in [3.05, 3.63) is 59.9 Å².